The molecule has 0 bridgehead atoms. The summed E-state index contributed by atoms with van der Waals surface area (Å²) in [6.45, 7) is 6.07. The van der Waals surface area contributed by atoms with Crippen LogP contribution in [0.25, 0.3) is 10.8 Å². The van der Waals surface area contributed by atoms with Crippen LogP contribution in [0.4, 0.5) is 5.69 Å². The number of rotatable bonds is 6. The van der Waals surface area contributed by atoms with Crippen LogP contribution in [0, 0.1) is 0 Å². The van der Waals surface area contributed by atoms with Gasteiger partial charge in [-0.05, 0) is 80.1 Å². The zero-order valence-corrected chi connectivity index (χ0v) is 22.9. The molecule has 0 saturated carbocycles. The summed E-state index contributed by atoms with van der Waals surface area (Å²) in [7, 11) is 0. The van der Waals surface area contributed by atoms with E-state index in [0.717, 1.165) is 20.8 Å². The summed E-state index contributed by atoms with van der Waals surface area (Å²) in [4.78, 5) is 37.2. The first kappa shape index (κ1) is 26.9. The Morgan fingerprint density at radius 2 is 1.39 bits per heavy atom. The molecule has 8 heteroatoms. The van der Waals surface area contributed by atoms with Crippen molar-refractivity contribution in [2.45, 2.75) is 26.2 Å². The number of halogens is 1. The van der Waals surface area contributed by atoms with E-state index in [1.54, 1.807) is 42.5 Å². The number of fused-ring (bicyclic) bond motifs is 1. The van der Waals surface area contributed by atoms with Gasteiger partial charge in [0.05, 0.1) is 4.47 Å². The highest BCUT2D eigenvalue weighted by molar-refractivity contribution is 9.10. The van der Waals surface area contributed by atoms with E-state index in [2.05, 4.69) is 52.9 Å². The lowest BCUT2D eigenvalue weighted by molar-refractivity contribution is -0.123. The number of ether oxygens (including phenoxy) is 1. The largest absolute Gasteiger partial charge is 0.483 e. The van der Waals surface area contributed by atoms with Crippen molar-refractivity contribution in [3.63, 3.8) is 0 Å². The van der Waals surface area contributed by atoms with Gasteiger partial charge in [-0.15, -0.1) is 0 Å². The summed E-state index contributed by atoms with van der Waals surface area (Å²) < 4.78 is 6.36. The van der Waals surface area contributed by atoms with Crippen LogP contribution in [-0.2, 0) is 10.2 Å². The summed E-state index contributed by atoms with van der Waals surface area (Å²) in [6, 6.07) is 25.3. The molecule has 0 atom stereocenters. The number of benzene rings is 4. The molecular weight excluding hydrogens is 546 g/mol. The summed E-state index contributed by atoms with van der Waals surface area (Å²) in [5.74, 6) is -0.735. The van der Waals surface area contributed by atoms with Crippen molar-refractivity contribution in [3.05, 3.63) is 106 Å². The van der Waals surface area contributed by atoms with Crippen molar-refractivity contribution in [1.29, 1.82) is 0 Å². The van der Waals surface area contributed by atoms with E-state index < -0.39 is 11.8 Å². The van der Waals surface area contributed by atoms with Gasteiger partial charge >= 0.3 is 0 Å². The molecule has 0 aliphatic heterocycles. The van der Waals surface area contributed by atoms with Gasteiger partial charge in [-0.2, -0.15) is 0 Å². The molecule has 0 heterocycles. The molecular formula is C30H28BrN3O4. The van der Waals surface area contributed by atoms with E-state index in [4.69, 9.17) is 4.74 Å². The van der Waals surface area contributed by atoms with Crippen molar-refractivity contribution in [3.8, 4) is 5.75 Å². The minimum atomic E-state index is -0.514. The molecule has 3 N–H and O–H groups in total. The Morgan fingerprint density at radius 1 is 0.763 bits per heavy atom. The van der Waals surface area contributed by atoms with Crippen LogP contribution in [-0.4, -0.2) is 24.3 Å². The maximum absolute atomic E-state index is 12.6. The lowest BCUT2D eigenvalue weighted by Crippen LogP contribution is -2.43. The molecule has 4 aromatic carbocycles. The maximum atomic E-state index is 12.6. The number of anilines is 1. The fraction of sp³-hybridized carbons (Fsp3) is 0.167. The summed E-state index contributed by atoms with van der Waals surface area (Å²) >= 11 is 3.52. The van der Waals surface area contributed by atoms with Gasteiger partial charge in [0.25, 0.3) is 17.7 Å². The van der Waals surface area contributed by atoms with E-state index in [9.17, 15) is 14.4 Å². The van der Waals surface area contributed by atoms with Gasteiger partial charge in [0.2, 0.25) is 0 Å². The van der Waals surface area contributed by atoms with E-state index in [0.29, 0.717) is 22.6 Å². The smallest absolute Gasteiger partial charge is 0.276 e. The molecule has 4 rings (SSSR count). The predicted octanol–water partition coefficient (Wildman–Crippen LogP) is 5.99. The second-order valence-corrected chi connectivity index (χ2v) is 10.5. The Bertz CT molecular complexity index is 1480. The van der Waals surface area contributed by atoms with Gasteiger partial charge in [-0.25, -0.2) is 0 Å². The normalized spacial score (nSPS) is 11.1. The summed E-state index contributed by atoms with van der Waals surface area (Å²) in [5.41, 5.74) is 7.26. The number of nitrogens with one attached hydrogen (secondary N) is 3. The first-order valence-corrected chi connectivity index (χ1v) is 12.8. The minimum absolute atomic E-state index is 0.00623. The molecule has 0 aliphatic rings. The Hall–Kier alpha value is -4.17. The number of hydrazine groups is 1. The number of carbonyl (C=O) groups is 3. The third-order valence-corrected chi connectivity index (χ3v) is 6.74. The van der Waals surface area contributed by atoms with Gasteiger partial charge < -0.3 is 10.1 Å². The maximum Gasteiger partial charge on any atom is 0.276 e. The SMILES string of the molecule is CC(C)(C)c1ccc(C(=O)Nc2ccc(C(=O)NNC(=O)COc3ccc4ccccc4c3Br)cc2)cc1. The fourth-order valence-corrected chi connectivity index (χ4v) is 4.34. The van der Waals surface area contributed by atoms with Crippen molar-refractivity contribution in [2.75, 3.05) is 11.9 Å². The molecule has 0 aliphatic carbocycles. The molecule has 7 nitrogen and oxygen atoms in total. The Labute approximate surface area is 229 Å². The first-order chi connectivity index (χ1) is 18.1. The number of hydrogen-bond donors (Lipinski definition) is 3. The third-order valence-electron chi connectivity index (χ3n) is 5.92. The minimum Gasteiger partial charge on any atom is -0.483 e. The van der Waals surface area contributed by atoms with Crippen LogP contribution in [0.1, 0.15) is 47.1 Å². The van der Waals surface area contributed by atoms with E-state index in [1.807, 2.05) is 42.5 Å². The van der Waals surface area contributed by atoms with Crippen LogP contribution in [0.5, 0.6) is 5.75 Å². The molecule has 0 unspecified atom stereocenters. The van der Waals surface area contributed by atoms with Crippen molar-refractivity contribution in [1.82, 2.24) is 10.9 Å². The molecule has 3 amide bonds. The van der Waals surface area contributed by atoms with Gasteiger partial charge in [0, 0.05) is 16.8 Å². The monoisotopic (exact) mass is 573 g/mol. The number of carbonyl (C=O) groups excluding carboxylic acids is 3. The molecule has 4 aromatic rings. The second kappa shape index (κ2) is 11.5. The molecule has 0 spiro atoms. The van der Waals surface area contributed by atoms with Crippen LogP contribution in [0.3, 0.4) is 0 Å². The first-order valence-electron chi connectivity index (χ1n) is 12.0. The second-order valence-electron chi connectivity index (χ2n) is 9.75. The number of hydrogen-bond acceptors (Lipinski definition) is 4. The van der Waals surface area contributed by atoms with Crippen LogP contribution in [0.2, 0.25) is 0 Å². The molecule has 0 saturated heterocycles. The summed E-state index contributed by atoms with van der Waals surface area (Å²) in [6.07, 6.45) is 0. The average molecular weight is 574 g/mol. The van der Waals surface area contributed by atoms with E-state index in [-0.39, 0.29) is 17.9 Å². The van der Waals surface area contributed by atoms with Gasteiger partial charge in [-0.1, -0.05) is 63.2 Å². The van der Waals surface area contributed by atoms with Gasteiger partial charge in [0.1, 0.15) is 5.75 Å². The predicted molar refractivity (Wildman–Crippen MR) is 152 cm³/mol. The molecule has 38 heavy (non-hydrogen) atoms. The fourth-order valence-electron chi connectivity index (χ4n) is 3.73. The number of amides is 3. The lowest BCUT2D eigenvalue weighted by Gasteiger charge is -2.19. The Morgan fingerprint density at radius 3 is 2.08 bits per heavy atom. The quantitative estimate of drug-likeness (QED) is 0.247. The van der Waals surface area contributed by atoms with Gasteiger partial charge in [0.15, 0.2) is 6.61 Å². The highest BCUT2D eigenvalue weighted by Crippen LogP contribution is 2.33. The highest BCUT2D eigenvalue weighted by Gasteiger charge is 2.15. The highest BCUT2D eigenvalue weighted by atomic mass is 79.9. The molecule has 0 aromatic heterocycles. The Balaban J connectivity index is 1.26. The topological polar surface area (TPSA) is 96.5 Å². The summed E-state index contributed by atoms with van der Waals surface area (Å²) in [5, 5.41) is 4.83. The van der Waals surface area contributed by atoms with E-state index >= 15 is 0 Å². The zero-order valence-electron chi connectivity index (χ0n) is 21.3. The molecule has 0 fully saturated rings. The van der Waals surface area contributed by atoms with Crippen LogP contribution < -0.4 is 20.9 Å². The third kappa shape index (κ3) is 6.58. The standard InChI is InChI=1S/C30H28BrN3O4/c1-30(2,3)22-13-8-20(9-14-22)28(36)32-23-15-10-21(11-16-23)29(37)34-33-26(35)18-38-25-17-12-19-6-4-5-7-24(19)27(25)31/h4-17H,18H2,1-3H3,(H,32,36)(H,33,35)(H,34,37). The zero-order chi connectivity index (χ0) is 27.3. The van der Waals surface area contributed by atoms with Gasteiger partial charge in [-0.3, -0.25) is 25.2 Å². The molecule has 0 radical (unpaired) electrons. The average Bonchev–Trinajstić information content (AvgIpc) is 2.91. The molecule has 194 valence electrons. The van der Waals surface area contributed by atoms with Crippen LogP contribution in [0.15, 0.2) is 89.4 Å². The van der Waals surface area contributed by atoms with Crippen LogP contribution >= 0.6 is 15.9 Å². The Kier molecular flexibility index (Phi) is 8.12. The van der Waals surface area contributed by atoms with Crippen molar-refractivity contribution < 1.29 is 19.1 Å². The van der Waals surface area contributed by atoms with Crippen molar-refractivity contribution >= 4 is 50.1 Å². The lowest BCUT2D eigenvalue weighted by atomic mass is 9.87. The van der Waals surface area contributed by atoms with Crippen molar-refractivity contribution in [2.24, 2.45) is 0 Å². The van der Waals surface area contributed by atoms with E-state index in [1.165, 1.54) is 0 Å².